The summed E-state index contributed by atoms with van der Waals surface area (Å²) in [5.41, 5.74) is 4.13. The molecule has 0 fully saturated rings. The number of carbonyl (C=O) groups excluding carboxylic acids is 2. The van der Waals surface area contributed by atoms with E-state index in [0.717, 1.165) is 6.08 Å². The van der Waals surface area contributed by atoms with Crippen LogP contribution in [0.4, 0.5) is 0 Å². The molecule has 5 heteroatoms. The van der Waals surface area contributed by atoms with Crippen molar-refractivity contribution in [2.45, 2.75) is 45.3 Å². The average Bonchev–Trinajstić information content (AvgIpc) is 2.22. The molecule has 0 aromatic heterocycles. The molecular formula is C12H22N2O3. The van der Waals surface area contributed by atoms with Crippen molar-refractivity contribution in [3.05, 3.63) is 12.7 Å². The number of nitrogens with two attached hydrogens (primary N) is 1. The third kappa shape index (κ3) is 5.49. The fourth-order valence-electron chi connectivity index (χ4n) is 1.04. The van der Waals surface area contributed by atoms with Crippen LogP contribution in [0.5, 0.6) is 0 Å². The first-order valence-corrected chi connectivity index (χ1v) is 5.57. The highest BCUT2D eigenvalue weighted by atomic mass is 16.6. The second-order valence-corrected chi connectivity index (χ2v) is 4.93. The van der Waals surface area contributed by atoms with Crippen molar-refractivity contribution >= 4 is 11.9 Å². The number of rotatable bonds is 5. The summed E-state index contributed by atoms with van der Waals surface area (Å²) in [6.07, 6.45) is 1.50. The summed E-state index contributed by atoms with van der Waals surface area (Å²) in [7, 11) is 0. The fourth-order valence-corrected chi connectivity index (χ4v) is 1.04. The lowest BCUT2D eigenvalue weighted by molar-refractivity contribution is -0.161. The molecule has 3 N–H and O–H groups in total. The Labute approximate surface area is 102 Å². The summed E-state index contributed by atoms with van der Waals surface area (Å²) in [5.74, 6) is -0.881. The van der Waals surface area contributed by atoms with Gasteiger partial charge >= 0.3 is 5.97 Å². The highest BCUT2D eigenvalue weighted by Gasteiger charge is 2.36. The van der Waals surface area contributed by atoms with Gasteiger partial charge < -0.3 is 15.8 Å². The average molecular weight is 242 g/mol. The van der Waals surface area contributed by atoms with E-state index in [1.54, 1.807) is 27.7 Å². The zero-order valence-electron chi connectivity index (χ0n) is 11.0. The van der Waals surface area contributed by atoms with E-state index < -0.39 is 17.1 Å². The smallest absolute Gasteiger partial charge is 0.328 e. The highest BCUT2D eigenvalue weighted by Crippen LogP contribution is 2.15. The molecule has 5 nitrogen and oxygen atoms in total. The first-order valence-electron chi connectivity index (χ1n) is 5.57. The molecular weight excluding hydrogens is 220 g/mol. The van der Waals surface area contributed by atoms with Crippen LogP contribution >= 0.6 is 0 Å². The Morgan fingerprint density at radius 3 is 2.29 bits per heavy atom. The van der Waals surface area contributed by atoms with Crippen molar-refractivity contribution < 1.29 is 14.3 Å². The number of hydrogen-bond donors (Lipinski definition) is 2. The summed E-state index contributed by atoms with van der Waals surface area (Å²) >= 11 is 0. The lowest BCUT2D eigenvalue weighted by Crippen LogP contribution is -2.57. The van der Waals surface area contributed by atoms with Gasteiger partial charge in [0.1, 0.15) is 11.1 Å². The van der Waals surface area contributed by atoms with Gasteiger partial charge in [0.2, 0.25) is 5.91 Å². The molecule has 17 heavy (non-hydrogen) atoms. The molecule has 0 radical (unpaired) electrons. The summed E-state index contributed by atoms with van der Waals surface area (Å²) in [4.78, 5) is 22.9. The Bertz CT molecular complexity index is 307. The fraction of sp³-hybridized carbons (Fsp3) is 0.667. The van der Waals surface area contributed by atoms with Gasteiger partial charge in [0.05, 0.1) is 0 Å². The van der Waals surface area contributed by atoms with Gasteiger partial charge in [-0.05, 0) is 33.3 Å². The third-order valence-corrected chi connectivity index (χ3v) is 2.20. The lowest BCUT2D eigenvalue weighted by atomic mass is 9.97. The monoisotopic (exact) mass is 242 g/mol. The van der Waals surface area contributed by atoms with E-state index in [9.17, 15) is 9.59 Å². The molecule has 0 aromatic carbocycles. The molecule has 0 aromatic rings. The van der Waals surface area contributed by atoms with E-state index in [1.807, 2.05) is 0 Å². The van der Waals surface area contributed by atoms with Gasteiger partial charge in [0, 0.05) is 6.54 Å². The molecule has 0 rings (SSSR count). The number of hydrogen-bond acceptors (Lipinski definition) is 4. The summed E-state index contributed by atoms with van der Waals surface area (Å²) in [6.45, 7) is 10.4. The quantitative estimate of drug-likeness (QED) is 0.550. The van der Waals surface area contributed by atoms with Crippen molar-refractivity contribution in [3.8, 4) is 0 Å². The molecule has 0 saturated heterocycles. The topological polar surface area (TPSA) is 81.4 Å². The van der Waals surface area contributed by atoms with Gasteiger partial charge in [-0.25, -0.2) is 4.79 Å². The zero-order valence-corrected chi connectivity index (χ0v) is 11.0. The van der Waals surface area contributed by atoms with Crippen LogP contribution < -0.4 is 11.1 Å². The van der Waals surface area contributed by atoms with Gasteiger partial charge in [-0.1, -0.05) is 13.5 Å². The second-order valence-electron chi connectivity index (χ2n) is 4.93. The Morgan fingerprint density at radius 1 is 1.41 bits per heavy atom. The maximum Gasteiger partial charge on any atom is 0.328 e. The Morgan fingerprint density at radius 2 is 1.94 bits per heavy atom. The van der Waals surface area contributed by atoms with Crippen LogP contribution in [-0.2, 0) is 14.3 Å². The standard InChI is InChI=1S/C12H22N2O3/c1-6-9(15)14-8-12(13,7-2)10(16)17-11(3,4)5/h6H,1,7-8,13H2,2-5H3,(H,14,15). The predicted molar refractivity (Wildman–Crippen MR) is 66.3 cm³/mol. The van der Waals surface area contributed by atoms with Crippen molar-refractivity contribution in [2.75, 3.05) is 6.54 Å². The number of nitrogens with one attached hydrogen (secondary N) is 1. The van der Waals surface area contributed by atoms with Gasteiger partial charge in [-0.3, -0.25) is 4.79 Å². The molecule has 1 atom stereocenters. The largest absolute Gasteiger partial charge is 0.459 e. The Hall–Kier alpha value is -1.36. The summed E-state index contributed by atoms with van der Waals surface area (Å²) < 4.78 is 5.22. The van der Waals surface area contributed by atoms with E-state index in [-0.39, 0.29) is 12.5 Å². The molecule has 0 bridgehead atoms. The molecule has 0 aliphatic carbocycles. The van der Waals surface area contributed by atoms with Crippen LogP contribution in [0.3, 0.4) is 0 Å². The number of ether oxygens (including phenoxy) is 1. The predicted octanol–water partition coefficient (Wildman–Crippen LogP) is 0.738. The van der Waals surface area contributed by atoms with E-state index in [1.165, 1.54) is 0 Å². The van der Waals surface area contributed by atoms with Gasteiger partial charge in [0.25, 0.3) is 0 Å². The SMILES string of the molecule is C=CC(=O)NCC(N)(CC)C(=O)OC(C)(C)C. The van der Waals surface area contributed by atoms with Crippen molar-refractivity contribution in [1.29, 1.82) is 0 Å². The van der Waals surface area contributed by atoms with Crippen molar-refractivity contribution in [2.24, 2.45) is 5.73 Å². The van der Waals surface area contributed by atoms with Crippen molar-refractivity contribution in [3.63, 3.8) is 0 Å². The second kappa shape index (κ2) is 5.82. The first-order chi connectivity index (χ1) is 7.64. The highest BCUT2D eigenvalue weighted by molar-refractivity contribution is 5.88. The molecule has 1 amide bonds. The van der Waals surface area contributed by atoms with E-state index >= 15 is 0 Å². The molecule has 98 valence electrons. The first kappa shape index (κ1) is 15.6. The normalized spacial score (nSPS) is 14.6. The van der Waals surface area contributed by atoms with Crippen LogP contribution in [0.2, 0.25) is 0 Å². The van der Waals surface area contributed by atoms with E-state index in [4.69, 9.17) is 10.5 Å². The maximum atomic E-state index is 11.9. The van der Waals surface area contributed by atoms with Crippen molar-refractivity contribution in [1.82, 2.24) is 5.32 Å². The lowest BCUT2D eigenvalue weighted by Gasteiger charge is -2.30. The van der Waals surface area contributed by atoms with Crippen LogP contribution in [0.15, 0.2) is 12.7 Å². The Balaban J connectivity index is 4.60. The minimum atomic E-state index is -1.20. The summed E-state index contributed by atoms with van der Waals surface area (Å²) in [6, 6.07) is 0. The Kier molecular flexibility index (Phi) is 5.35. The molecule has 0 heterocycles. The number of amides is 1. The molecule has 0 spiro atoms. The minimum Gasteiger partial charge on any atom is -0.459 e. The number of carbonyl (C=O) groups is 2. The minimum absolute atomic E-state index is 0.0310. The third-order valence-electron chi connectivity index (χ3n) is 2.20. The molecule has 0 saturated carbocycles. The van der Waals surface area contributed by atoms with Crippen LogP contribution in [0.25, 0.3) is 0 Å². The van der Waals surface area contributed by atoms with E-state index in [0.29, 0.717) is 6.42 Å². The molecule has 1 unspecified atom stereocenters. The molecule has 0 aliphatic rings. The summed E-state index contributed by atoms with van der Waals surface area (Å²) in [5, 5.41) is 2.51. The van der Waals surface area contributed by atoms with Gasteiger partial charge in [0.15, 0.2) is 0 Å². The van der Waals surface area contributed by atoms with E-state index in [2.05, 4.69) is 11.9 Å². The zero-order chi connectivity index (χ0) is 13.7. The van der Waals surface area contributed by atoms with Crippen LogP contribution in [-0.4, -0.2) is 29.6 Å². The maximum absolute atomic E-state index is 11.9. The number of esters is 1. The van der Waals surface area contributed by atoms with Gasteiger partial charge in [-0.15, -0.1) is 0 Å². The van der Waals surface area contributed by atoms with Gasteiger partial charge in [-0.2, -0.15) is 0 Å². The molecule has 0 aliphatic heterocycles. The van der Waals surface area contributed by atoms with Crippen LogP contribution in [0.1, 0.15) is 34.1 Å². The van der Waals surface area contributed by atoms with Crippen LogP contribution in [0, 0.1) is 0 Å².